The first-order valence-corrected chi connectivity index (χ1v) is 8.64. The summed E-state index contributed by atoms with van der Waals surface area (Å²) in [6.45, 7) is 3.91. The zero-order valence-corrected chi connectivity index (χ0v) is 13.7. The fourth-order valence-electron chi connectivity index (χ4n) is 2.19. The largest absolute Gasteiger partial charge is 0.286 e. The molecule has 3 aromatic rings. The molecule has 1 heterocycles. The van der Waals surface area contributed by atoms with E-state index >= 15 is 0 Å². The molecule has 0 saturated heterocycles. The lowest BCUT2D eigenvalue weighted by Gasteiger charge is -2.11. The van der Waals surface area contributed by atoms with Crippen LogP contribution in [-0.4, -0.2) is 18.0 Å². The average Bonchev–Trinajstić information content (AvgIpc) is 2.96. The number of rotatable bonds is 4. The van der Waals surface area contributed by atoms with Crippen LogP contribution < -0.4 is 4.72 Å². The Balaban J connectivity index is 1.93. The molecular weight excluding hydrogens is 310 g/mol. The lowest BCUT2D eigenvalue weighted by atomic mass is 10.2. The molecule has 5 nitrogen and oxygen atoms in total. The third-order valence-electron chi connectivity index (χ3n) is 3.51. The van der Waals surface area contributed by atoms with Crippen LogP contribution in [0.3, 0.4) is 0 Å². The topological polar surface area (TPSA) is 64.0 Å². The van der Waals surface area contributed by atoms with E-state index in [1.165, 1.54) is 0 Å². The van der Waals surface area contributed by atoms with Crippen molar-refractivity contribution >= 4 is 16.0 Å². The van der Waals surface area contributed by atoms with Gasteiger partial charge < -0.3 is 0 Å². The van der Waals surface area contributed by atoms with Crippen LogP contribution in [0.4, 0.5) is 5.95 Å². The van der Waals surface area contributed by atoms with Crippen LogP contribution in [-0.2, 0) is 10.0 Å². The third-order valence-corrected chi connectivity index (χ3v) is 4.85. The van der Waals surface area contributed by atoms with Crippen molar-refractivity contribution in [3.05, 3.63) is 72.1 Å². The van der Waals surface area contributed by atoms with Crippen molar-refractivity contribution in [2.75, 3.05) is 4.72 Å². The van der Waals surface area contributed by atoms with Crippen molar-refractivity contribution in [1.29, 1.82) is 0 Å². The first-order valence-electron chi connectivity index (χ1n) is 7.15. The van der Waals surface area contributed by atoms with Crippen LogP contribution in [0, 0.1) is 13.8 Å². The van der Waals surface area contributed by atoms with Gasteiger partial charge in [-0.3, -0.25) is 4.57 Å². The Morgan fingerprint density at radius 1 is 0.913 bits per heavy atom. The fraction of sp³-hybridized carbons (Fsp3) is 0.118. The van der Waals surface area contributed by atoms with Crippen LogP contribution in [0.25, 0.3) is 5.69 Å². The Hall–Kier alpha value is -2.60. The van der Waals surface area contributed by atoms with Gasteiger partial charge in [0.25, 0.3) is 10.0 Å². The summed E-state index contributed by atoms with van der Waals surface area (Å²) in [4.78, 5) is 4.33. The van der Waals surface area contributed by atoms with Crippen molar-refractivity contribution in [1.82, 2.24) is 9.55 Å². The van der Waals surface area contributed by atoms with Gasteiger partial charge in [-0.05, 0) is 38.1 Å². The van der Waals surface area contributed by atoms with Crippen molar-refractivity contribution in [3.8, 4) is 5.69 Å². The molecule has 0 saturated carbocycles. The number of benzene rings is 2. The van der Waals surface area contributed by atoms with Gasteiger partial charge in [-0.25, -0.2) is 18.1 Å². The molecule has 0 spiro atoms. The standard InChI is InChI=1S/C17H17N3O2S/c1-13-3-7-15(8-4-13)20-12-11-18-17(20)19-23(21,22)16-9-5-14(2)6-10-16/h3-12H,1-2H3,(H,18,19). The summed E-state index contributed by atoms with van der Waals surface area (Å²) >= 11 is 0. The molecule has 1 N–H and O–H groups in total. The molecule has 6 heteroatoms. The second kappa shape index (κ2) is 5.89. The van der Waals surface area contributed by atoms with E-state index in [1.807, 2.05) is 38.1 Å². The number of sulfonamides is 1. The zero-order valence-electron chi connectivity index (χ0n) is 12.9. The monoisotopic (exact) mass is 327 g/mol. The predicted molar refractivity (Wildman–Crippen MR) is 90.3 cm³/mol. The number of hydrogen-bond donors (Lipinski definition) is 1. The molecule has 23 heavy (non-hydrogen) atoms. The Morgan fingerprint density at radius 2 is 1.48 bits per heavy atom. The summed E-state index contributed by atoms with van der Waals surface area (Å²) in [5.74, 6) is 0.259. The molecule has 2 aromatic carbocycles. The molecule has 0 unspecified atom stereocenters. The van der Waals surface area contributed by atoms with E-state index in [0.717, 1.165) is 16.8 Å². The average molecular weight is 327 g/mol. The van der Waals surface area contributed by atoms with E-state index in [1.54, 1.807) is 41.2 Å². The molecule has 0 aliphatic carbocycles. The van der Waals surface area contributed by atoms with Gasteiger partial charge in [-0.15, -0.1) is 0 Å². The maximum absolute atomic E-state index is 12.5. The summed E-state index contributed by atoms with van der Waals surface area (Å²) < 4.78 is 29.2. The Kier molecular flexibility index (Phi) is 3.92. The molecule has 0 aliphatic heterocycles. The number of hydrogen-bond acceptors (Lipinski definition) is 3. The normalized spacial score (nSPS) is 11.4. The highest BCUT2D eigenvalue weighted by Gasteiger charge is 2.17. The fourth-order valence-corrected chi connectivity index (χ4v) is 3.19. The van der Waals surface area contributed by atoms with Gasteiger partial charge in [-0.2, -0.15) is 0 Å². The van der Waals surface area contributed by atoms with Crippen molar-refractivity contribution < 1.29 is 8.42 Å². The van der Waals surface area contributed by atoms with Crippen LogP contribution in [0.2, 0.25) is 0 Å². The molecule has 1 aromatic heterocycles. The van der Waals surface area contributed by atoms with Gasteiger partial charge in [-0.1, -0.05) is 35.4 Å². The maximum Gasteiger partial charge on any atom is 0.264 e. The Morgan fingerprint density at radius 3 is 2.09 bits per heavy atom. The number of nitrogens with one attached hydrogen (secondary N) is 1. The van der Waals surface area contributed by atoms with E-state index in [2.05, 4.69) is 9.71 Å². The quantitative estimate of drug-likeness (QED) is 0.800. The summed E-state index contributed by atoms with van der Waals surface area (Å²) in [5.41, 5.74) is 2.98. The minimum absolute atomic E-state index is 0.210. The molecule has 3 rings (SSSR count). The highest BCUT2D eigenvalue weighted by Crippen LogP contribution is 2.19. The minimum Gasteiger partial charge on any atom is -0.286 e. The van der Waals surface area contributed by atoms with Gasteiger partial charge >= 0.3 is 0 Å². The smallest absolute Gasteiger partial charge is 0.264 e. The Bertz CT molecular complexity index is 911. The molecule has 0 fully saturated rings. The van der Waals surface area contributed by atoms with Gasteiger partial charge in [0.15, 0.2) is 0 Å². The van der Waals surface area contributed by atoms with Crippen LogP contribution in [0.5, 0.6) is 0 Å². The summed E-state index contributed by atoms with van der Waals surface area (Å²) in [6, 6.07) is 14.5. The van der Waals surface area contributed by atoms with Gasteiger partial charge in [0.2, 0.25) is 5.95 Å². The van der Waals surface area contributed by atoms with Crippen molar-refractivity contribution in [3.63, 3.8) is 0 Å². The second-order valence-electron chi connectivity index (χ2n) is 5.37. The first kappa shape index (κ1) is 15.3. The van der Waals surface area contributed by atoms with E-state index < -0.39 is 10.0 Å². The van der Waals surface area contributed by atoms with Crippen LogP contribution in [0.15, 0.2) is 65.8 Å². The SMILES string of the molecule is Cc1ccc(-n2ccnc2NS(=O)(=O)c2ccc(C)cc2)cc1. The van der Waals surface area contributed by atoms with Crippen LogP contribution in [0.1, 0.15) is 11.1 Å². The van der Waals surface area contributed by atoms with E-state index in [4.69, 9.17) is 0 Å². The first-order chi connectivity index (χ1) is 11.0. The zero-order chi connectivity index (χ0) is 16.4. The lowest BCUT2D eigenvalue weighted by Crippen LogP contribution is -2.16. The Labute approximate surface area is 135 Å². The summed E-state index contributed by atoms with van der Waals surface area (Å²) in [7, 11) is -3.67. The number of imidazole rings is 1. The van der Waals surface area contributed by atoms with E-state index in [9.17, 15) is 8.42 Å². The molecule has 0 radical (unpaired) electrons. The van der Waals surface area contributed by atoms with E-state index in [0.29, 0.717) is 0 Å². The molecule has 0 amide bonds. The number of aryl methyl sites for hydroxylation is 2. The minimum atomic E-state index is -3.67. The predicted octanol–water partition coefficient (Wildman–Crippen LogP) is 3.29. The number of aromatic nitrogens is 2. The highest BCUT2D eigenvalue weighted by atomic mass is 32.2. The maximum atomic E-state index is 12.5. The molecule has 0 bridgehead atoms. The molecule has 0 atom stereocenters. The van der Waals surface area contributed by atoms with Crippen LogP contribution >= 0.6 is 0 Å². The molecule has 0 aliphatic rings. The van der Waals surface area contributed by atoms with Crippen molar-refractivity contribution in [2.24, 2.45) is 0 Å². The number of nitrogens with zero attached hydrogens (tertiary/aromatic N) is 2. The molecule has 118 valence electrons. The summed E-state index contributed by atoms with van der Waals surface area (Å²) in [5, 5.41) is 0. The van der Waals surface area contributed by atoms with E-state index in [-0.39, 0.29) is 10.8 Å². The third kappa shape index (κ3) is 3.27. The molecular formula is C17H17N3O2S. The lowest BCUT2D eigenvalue weighted by molar-refractivity contribution is 0.600. The number of anilines is 1. The highest BCUT2D eigenvalue weighted by molar-refractivity contribution is 7.92. The van der Waals surface area contributed by atoms with Gasteiger partial charge in [0.1, 0.15) is 0 Å². The summed E-state index contributed by atoms with van der Waals surface area (Å²) in [6.07, 6.45) is 3.28. The van der Waals surface area contributed by atoms with Gasteiger partial charge in [0, 0.05) is 18.1 Å². The van der Waals surface area contributed by atoms with Gasteiger partial charge in [0.05, 0.1) is 4.90 Å². The van der Waals surface area contributed by atoms with Crippen molar-refractivity contribution in [2.45, 2.75) is 18.7 Å². The second-order valence-corrected chi connectivity index (χ2v) is 7.06.